The van der Waals surface area contributed by atoms with Crippen molar-refractivity contribution in [3.8, 4) is 22.9 Å². The lowest BCUT2D eigenvalue weighted by atomic mass is 10.1. The van der Waals surface area contributed by atoms with E-state index in [1.165, 1.54) is 6.92 Å². The predicted molar refractivity (Wildman–Crippen MR) is 83.4 cm³/mol. The number of hydrogen-bond donors (Lipinski definition) is 1. The number of aromatic nitrogens is 2. The number of carbonyl (C=O) groups excluding carboxylic acids is 1. The lowest BCUT2D eigenvalue weighted by Crippen LogP contribution is -2.34. The van der Waals surface area contributed by atoms with Crippen LogP contribution in [0.3, 0.4) is 0 Å². The lowest BCUT2D eigenvalue weighted by molar-refractivity contribution is -0.119. The molecule has 126 valence electrons. The first-order chi connectivity index (χ1) is 11.6. The van der Waals surface area contributed by atoms with Crippen molar-refractivity contribution in [3.05, 3.63) is 24.1 Å². The topological polar surface area (TPSA) is 89.7 Å². The van der Waals surface area contributed by atoms with Crippen molar-refractivity contribution < 1.29 is 18.8 Å². The molecule has 0 spiro atoms. The molecule has 8 heteroatoms. The summed E-state index contributed by atoms with van der Waals surface area (Å²) in [5.41, 5.74) is 0.813. The van der Waals surface area contributed by atoms with E-state index in [4.69, 9.17) is 14.0 Å². The number of benzene rings is 1. The Hall–Kier alpha value is -2.61. The summed E-state index contributed by atoms with van der Waals surface area (Å²) < 4.78 is 16.1. The first-order valence-electron chi connectivity index (χ1n) is 7.81. The standard InChI is InChI=1S/C16H18N4O4/c1-9(21)17-11-6-12(20(2)7-11)16-18-15(19-24-16)10-3-4-13-14(5-10)23-8-22-13/h3-5,11-12H,6-8H2,1-2H3,(H,17,21)/t11-,12-/m0/s1. The molecule has 1 N–H and O–H groups in total. The van der Waals surface area contributed by atoms with E-state index in [9.17, 15) is 4.79 Å². The van der Waals surface area contributed by atoms with Gasteiger partial charge in [0.2, 0.25) is 24.4 Å². The molecule has 1 fully saturated rings. The van der Waals surface area contributed by atoms with Gasteiger partial charge in [0, 0.05) is 25.1 Å². The molecule has 24 heavy (non-hydrogen) atoms. The van der Waals surface area contributed by atoms with Gasteiger partial charge in [-0.2, -0.15) is 4.98 Å². The van der Waals surface area contributed by atoms with Crippen LogP contribution in [0, 0.1) is 0 Å². The summed E-state index contributed by atoms with van der Waals surface area (Å²) in [6, 6.07) is 5.65. The minimum Gasteiger partial charge on any atom is -0.454 e. The van der Waals surface area contributed by atoms with Crippen LogP contribution in [-0.4, -0.2) is 47.4 Å². The molecule has 0 unspecified atom stereocenters. The highest BCUT2D eigenvalue weighted by Crippen LogP contribution is 2.36. The molecule has 2 aromatic rings. The Morgan fingerprint density at radius 1 is 1.33 bits per heavy atom. The summed E-state index contributed by atoms with van der Waals surface area (Å²) in [6.07, 6.45) is 0.749. The van der Waals surface area contributed by atoms with Crippen molar-refractivity contribution in [2.75, 3.05) is 20.4 Å². The summed E-state index contributed by atoms with van der Waals surface area (Å²) in [4.78, 5) is 17.9. The van der Waals surface area contributed by atoms with Crippen molar-refractivity contribution in [1.82, 2.24) is 20.4 Å². The maximum atomic E-state index is 11.2. The normalized spacial score (nSPS) is 22.8. The molecule has 1 aromatic heterocycles. The van der Waals surface area contributed by atoms with Gasteiger partial charge in [-0.3, -0.25) is 9.69 Å². The number of ether oxygens (including phenoxy) is 2. The third-order valence-corrected chi connectivity index (χ3v) is 4.31. The highest BCUT2D eigenvalue weighted by atomic mass is 16.7. The van der Waals surface area contributed by atoms with Crippen molar-refractivity contribution in [2.45, 2.75) is 25.4 Å². The average Bonchev–Trinajstić information content (AvgIpc) is 3.24. The average molecular weight is 330 g/mol. The van der Waals surface area contributed by atoms with Gasteiger partial charge in [0.1, 0.15) is 0 Å². The zero-order valence-electron chi connectivity index (χ0n) is 13.5. The molecule has 8 nitrogen and oxygen atoms in total. The van der Waals surface area contributed by atoms with Crippen LogP contribution < -0.4 is 14.8 Å². The fourth-order valence-corrected chi connectivity index (χ4v) is 3.20. The van der Waals surface area contributed by atoms with E-state index in [1.807, 2.05) is 25.2 Å². The number of carbonyl (C=O) groups is 1. The zero-order chi connectivity index (χ0) is 16.7. The van der Waals surface area contributed by atoms with Gasteiger partial charge in [-0.1, -0.05) is 5.16 Å². The molecule has 2 aliphatic rings. The summed E-state index contributed by atoms with van der Waals surface area (Å²) in [7, 11) is 1.98. The monoisotopic (exact) mass is 330 g/mol. The van der Waals surface area contributed by atoms with E-state index in [2.05, 4.69) is 20.4 Å². The third kappa shape index (κ3) is 2.69. The zero-order valence-corrected chi connectivity index (χ0v) is 13.5. The highest BCUT2D eigenvalue weighted by Gasteiger charge is 2.35. The quantitative estimate of drug-likeness (QED) is 0.908. The Balaban J connectivity index is 1.53. The predicted octanol–water partition coefficient (Wildman–Crippen LogP) is 1.35. The van der Waals surface area contributed by atoms with Crippen molar-refractivity contribution in [2.24, 2.45) is 0 Å². The second kappa shape index (κ2) is 5.79. The largest absolute Gasteiger partial charge is 0.454 e. The number of nitrogens with one attached hydrogen (secondary N) is 1. The number of likely N-dealkylation sites (N-methyl/N-ethyl adjacent to an activating group) is 1. The van der Waals surface area contributed by atoms with Crippen LogP contribution in [0.15, 0.2) is 22.7 Å². The molecule has 1 saturated heterocycles. The van der Waals surface area contributed by atoms with Gasteiger partial charge in [-0.15, -0.1) is 0 Å². The van der Waals surface area contributed by atoms with Crippen LogP contribution in [0.1, 0.15) is 25.3 Å². The maximum Gasteiger partial charge on any atom is 0.244 e. The molecular weight excluding hydrogens is 312 g/mol. The van der Waals surface area contributed by atoms with Gasteiger partial charge >= 0.3 is 0 Å². The molecule has 0 aliphatic carbocycles. The van der Waals surface area contributed by atoms with Crippen molar-refractivity contribution in [3.63, 3.8) is 0 Å². The van der Waals surface area contributed by atoms with Crippen molar-refractivity contribution in [1.29, 1.82) is 0 Å². The van der Waals surface area contributed by atoms with Crippen molar-refractivity contribution >= 4 is 5.91 Å². The number of likely N-dealkylation sites (tertiary alicyclic amines) is 1. The first-order valence-corrected chi connectivity index (χ1v) is 7.81. The summed E-state index contributed by atoms with van der Waals surface area (Å²) >= 11 is 0. The molecule has 3 heterocycles. The second-order valence-electron chi connectivity index (χ2n) is 6.11. The smallest absolute Gasteiger partial charge is 0.244 e. The Morgan fingerprint density at radius 2 is 2.17 bits per heavy atom. The van der Waals surface area contributed by atoms with Gasteiger partial charge in [-0.05, 0) is 31.7 Å². The molecule has 2 aliphatic heterocycles. The van der Waals surface area contributed by atoms with Gasteiger partial charge in [0.25, 0.3) is 0 Å². The fraction of sp³-hybridized carbons (Fsp3) is 0.438. The molecule has 4 rings (SSSR count). The molecule has 0 saturated carbocycles. The summed E-state index contributed by atoms with van der Waals surface area (Å²) in [6.45, 7) is 2.51. The minimum absolute atomic E-state index is 0.00268. The molecule has 2 atom stereocenters. The number of fused-ring (bicyclic) bond motifs is 1. The minimum atomic E-state index is -0.0272. The van der Waals surface area contributed by atoms with Gasteiger partial charge in [0.05, 0.1) is 6.04 Å². The van der Waals surface area contributed by atoms with Crippen LogP contribution in [0.2, 0.25) is 0 Å². The third-order valence-electron chi connectivity index (χ3n) is 4.31. The number of rotatable bonds is 3. The van der Waals surface area contributed by atoms with Crippen LogP contribution in [0.4, 0.5) is 0 Å². The van der Waals surface area contributed by atoms with E-state index < -0.39 is 0 Å². The molecular formula is C16H18N4O4. The van der Waals surface area contributed by atoms with E-state index in [1.54, 1.807) is 0 Å². The second-order valence-corrected chi connectivity index (χ2v) is 6.11. The molecule has 0 radical (unpaired) electrons. The van der Waals surface area contributed by atoms with Crippen LogP contribution >= 0.6 is 0 Å². The highest BCUT2D eigenvalue weighted by molar-refractivity contribution is 5.73. The number of amides is 1. The maximum absolute atomic E-state index is 11.2. The SMILES string of the molecule is CC(=O)N[C@H]1C[C@@H](c2nc(-c3ccc4c(c3)OCO4)no2)N(C)C1. The van der Waals surface area contributed by atoms with Crippen LogP contribution in [-0.2, 0) is 4.79 Å². The van der Waals surface area contributed by atoms with E-state index >= 15 is 0 Å². The Labute approximate surface area is 138 Å². The molecule has 1 amide bonds. The Bertz CT molecular complexity index is 775. The lowest BCUT2D eigenvalue weighted by Gasteiger charge is -2.13. The van der Waals surface area contributed by atoms with Gasteiger partial charge in [0.15, 0.2) is 11.5 Å². The molecule has 1 aromatic carbocycles. The van der Waals surface area contributed by atoms with Crippen LogP contribution in [0.25, 0.3) is 11.4 Å². The Kier molecular flexibility index (Phi) is 3.61. The molecule has 0 bridgehead atoms. The number of hydrogen-bond acceptors (Lipinski definition) is 7. The van der Waals surface area contributed by atoms with E-state index in [-0.39, 0.29) is 24.8 Å². The summed E-state index contributed by atoms with van der Waals surface area (Å²) in [5.74, 6) is 2.44. The summed E-state index contributed by atoms with van der Waals surface area (Å²) in [5, 5.41) is 7.02. The Morgan fingerprint density at radius 3 is 3.00 bits per heavy atom. The van der Waals surface area contributed by atoms with E-state index in [0.717, 1.165) is 24.3 Å². The number of nitrogens with zero attached hydrogens (tertiary/aromatic N) is 3. The van der Waals surface area contributed by atoms with Crippen LogP contribution in [0.5, 0.6) is 11.5 Å². The van der Waals surface area contributed by atoms with Gasteiger partial charge < -0.3 is 19.3 Å². The van der Waals surface area contributed by atoms with E-state index in [0.29, 0.717) is 17.5 Å². The first kappa shape index (κ1) is 14.9. The van der Waals surface area contributed by atoms with Gasteiger partial charge in [-0.25, -0.2) is 0 Å². The fourth-order valence-electron chi connectivity index (χ4n) is 3.20.